The molecule has 0 aromatic heterocycles. The molecule has 2 aromatic rings. The fourth-order valence-electron chi connectivity index (χ4n) is 4.50. The number of hydrogen-bond acceptors (Lipinski definition) is 4. The van der Waals surface area contributed by atoms with Gasteiger partial charge in [-0.3, -0.25) is 13.9 Å². The second-order valence-electron chi connectivity index (χ2n) is 9.14. The number of nitrogens with zero attached hydrogens (tertiary/aromatic N) is 2. The lowest BCUT2D eigenvalue weighted by Gasteiger charge is -2.34. The minimum absolute atomic E-state index is 0.0663. The topological polar surface area (TPSA) is 86.8 Å². The number of carbonyl (C=O) groups excluding carboxylic acids is 2. The molecule has 1 fully saturated rings. The van der Waals surface area contributed by atoms with Crippen LogP contribution in [0.25, 0.3) is 0 Å². The highest BCUT2D eigenvalue weighted by atomic mass is 35.5. The third-order valence-corrected chi connectivity index (χ3v) is 7.83. The third kappa shape index (κ3) is 7.43. The first kappa shape index (κ1) is 27.9. The van der Waals surface area contributed by atoms with Crippen LogP contribution in [0, 0.1) is 5.82 Å². The van der Waals surface area contributed by atoms with Crippen molar-refractivity contribution < 1.29 is 22.4 Å². The molecule has 1 atom stereocenters. The summed E-state index contributed by atoms with van der Waals surface area (Å²) < 4.78 is 39.8. The number of rotatable bonds is 10. The van der Waals surface area contributed by atoms with Gasteiger partial charge in [0.05, 0.1) is 17.0 Å². The van der Waals surface area contributed by atoms with Crippen molar-refractivity contribution in [2.45, 2.75) is 64.1 Å². The number of benzene rings is 2. The van der Waals surface area contributed by atoms with Crippen LogP contribution < -0.4 is 9.62 Å². The van der Waals surface area contributed by atoms with Gasteiger partial charge in [0.15, 0.2) is 0 Å². The molecule has 36 heavy (non-hydrogen) atoms. The van der Waals surface area contributed by atoms with E-state index in [0.29, 0.717) is 6.42 Å². The van der Waals surface area contributed by atoms with Gasteiger partial charge in [0.2, 0.25) is 21.8 Å². The van der Waals surface area contributed by atoms with Crippen LogP contribution in [-0.2, 0) is 26.2 Å². The van der Waals surface area contributed by atoms with Crippen molar-refractivity contribution >= 4 is 39.1 Å². The van der Waals surface area contributed by atoms with Crippen LogP contribution in [0.5, 0.6) is 0 Å². The van der Waals surface area contributed by atoms with E-state index >= 15 is 0 Å². The van der Waals surface area contributed by atoms with Crippen molar-refractivity contribution in [3.8, 4) is 0 Å². The largest absolute Gasteiger partial charge is 0.352 e. The maximum Gasteiger partial charge on any atom is 0.244 e. The molecule has 0 saturated heterocycles. The van der Waals surface area contributed by atoms with Gasteiger partial charge in [-0.15, -0.1) is 0 Å². The maximum absolute atomic E-state index is 13.7. The number of anilines is 1. The van der Waals surface area contributed by atoms with Crippen molar-refractivity contribution in [1.29, 1.82) is 0 Å². The van der Waals surface area contributed by atoms with Crippen LogP contribution >= 0.6 is 11.6 Å². The number of carbonyl (C=O) groups is 2. The molecule has 7 nitrogen and oxygen atoms in total. The monoisotopic (exact) mass is 537 g/mol. The van der Waals surface area contributed by atoms with Gasteiger partial charge in [-0.1, -0.05) is 68.1 Å². The molecule has 2 aromatic carbocycles. The standard InChI is InChI=1S/C26H33ClFN3O4S/c1-3-24(26(33)29-20-12-8-5-9-13-20)30(17-19-10-6-4-7-11-19)25(32)18-31(36(2,34)35)21-14-15-23(28)22(27)16-21/h4,6-7,10-11,14-16,20,24H,3,5,8-9,12-13,17-18H2,1-2H3,(H,29,33)/t24-/m0/s1. The zero-order valence-corrected chi connectivity index (χ0v) is 22.2. The summed E-state index contributed by atoms with van der Waals surface area (Å²) in [5.41, 5.74) is 0.877. The van der Waals surface area contributed by atoms with E-state index in [-0.39, 0.29) is 29.2 Å². The Morgan fingerprint density at radius 3 is 2.36 bits per heavy atom. The first-order valence-electron chi connectivity index (χ1n) is 12.2. The van der Waals surface area contributed by atoms with Gasteiger partial charge in [-0.25, -0.2) is 12.8 Å². The molecule has 0 radical (unpaired) electrons. The van der Waals surface area contributed by atoms with Crippen LogP contribution in [0.2, 0.25) is 5.02 Å². The minimum Gasteiger partial charge on any atom is -0.352 e. The number of hydrogen-bond donors (Lipinski definition) is 1. The highest BCUT2D eigenvalue weighted by molar-refractivity contribution is 7.92. The van der Waals surface area contributed by atoms with Crippen LogP contribution in [-0.4, -0.2) is 50.0 Å². The molecule has 0 spiro atoms. The highest BCUT2D eigenvalue weighted by Crippen LogP contribution is 2.25. The smallest absolute Gasteiger partial charge is 0.244 e. The molecule has 196 valence electrons. The van der Waals surface area contributed by atoms with Gasteiger partial charge in [0.25, 0.3) is 0 Å². The van der Waals surface area contributed by atoms with Crippen molar-refractivity contribution in [2.24, 2.45) is 0 Å². The molecule has 0 bridgehead atoms. The Labute approximate surface area is 217 Å². The molecular weight excluding hydrogens is 505 g/mol. The van der Waals surface area contributed by atoms with Crippen LogP contribution in [0.3, 0.4) is 0 Å². The van der Waals surface area contributed by atoms with Gasteiger partial charge in [0, 0.05) is 12.6 Å². The fraction of sp³-hybridized carbons (Fsp3) is 0.462. The Bertz CT molecular complexity index is 1160. The summed E-state index contributed by atoms with van der Waals surface area (Å²) in [7, 11) is -3.92. The highest BCUT2D eigenvalue weighted by Gasteiger charge is 2.33. The zero-order valence-electron chi connectivity index (χ0n) is 20.6. The van der Waals surface area contributed by atoms with Gasteiger partial charge in [-0.05, 0) is 43.0 Å². The summed E-state index contributed by atoms with van der Waals surface area (Å²) in [4.78, 5) is 28.4. The van der Waals surface area contributed by atoms with Gasteiger partial charge >= 0.3 is 0 Å². The molecule has 0 unspecified atom stereocenters. The second kappa shape index (κ2) is 12.5. The SMILES string of the molecule is CC[C@@H](C(=O)NC1CCCCC1)N(Cc1ccccc1)C(=O)CN(c1ccc(F)c(Cl)c1)S(C)(=O)=O. The van der Waals surface area contributed by atoms with Crippen LogP contribution in [0.1, 0.15) is 51.0 Å². The summed E-state index contributed by atoms with van der Waals surface area (Å²) in [5, 5.41) is 2.84. The molecule has 3 rings (SSSR count). The quantitative estimate of drug-likeness (QED) is 0.483. The van der Waals surface area contributed by atoms with Crippen LogP contribution in [0.4, 0.5) is 10.1 Å². The summed E-state index contributed by atoms with van der Waals surface area (Å²) >= 11 is 5.88. The van der Waals surface area contributed by atoms with Crippen molar-refractivity contribution in [3.05, 3.63) is 64.9 Å². The summed E-state index contributed by atoms with van der Waals surface area (Å²) in [6.07, 6.45) is 6.39. The average Bonchev–Trinajstić information content (AvgIpc) is 2.84. The van der Waals surface area contributed by atoms with E-state index in [9.17, 15) is 22.4 Å². The van der Waals surface area contributed by atoms with E-state index in [1.807, 2.05) is 37.3 Å². The minimum atomic E-state index is -3.92. The molecule has 0 aliphatic heterocycles. The average molecular weight is 538 g/mol. The molecule has 0 heterocycles. The number of halogens is 2. The number of sulfonamides is 1. The molecule has 1 aliphatic rings. The number of amides is 2. The summed E-state index contributed by atoms with van der Waals surface area (Å²) in [6, 6.07) is 12.0. The Hall–Kier alpha value is -2.65. The van der Waals surface area contributed by atoms with Crippen molar-refractivity contribution in [1.82, 2.24) is 10.2 Å². The lowest BCUT2D eigenvalue weighted by Crippen LogP contribution is -2.53. The van der Waals surface area contributed by atoms with Gasteiger partial charge < -0.3 is 10.2 Å². The Morgan fingerprint density at radius 2 is 1.78 bits per heavy atom. The van der Waals surface area contributed by atoms with E-state index < -0.39 is 34.3 Å². The lowest BCUT2D eigenvalue weighted by molar-refractivity contribution is -0.140. The zero-order chi connectivity index (χ0) is 26.3. The molecular formula is C26H33ClFN3O4S. The molecule has 2 amide bonds. The third-order valence-electron chi connectivity index (χ3n) is 6.40. The molecule has 10 heteroatoms. The normalized spacial score (nSPS) is 15.2. The Morgan fingerprint density at radius 1 is 1.11 bits per heavy atom. The Kier molecular flexibility index (Phi) is 9.73. The van der Waals surface area contributed by atoms with E-state index in [1.165, 1.54) is 17.0 Å². The first-order chi connectivity index (χ1) is 17.1. The molecule has 1 saturated carbocycles. The van der Waals surface area contributed by atoms with Gasteiger partial charge in [0.1, 0.15) is 18.4 Å². The maximum atomic E-state index is 13.7. The van der Waals surface area contributed by atoms with E-state index in [2.05, 4.69) is 5.32 Å². The van der Waals surface area contributed by atoms with Crippen LogP contribution in [0.15, 0.2) is 48.5 Å². The van der Waals surface area contributed by atoms with E-state index in [4.69, 9.17) is 11.6 Å². The molecule has 1 N–H and O–H groups in total. The molecule has 1 aliphatic carbocycles. The van der Waals surface area contributed by atoms with E-state index in [0.717, 1.165) is 54.3 Å². The second-order valence-corrected chi connectivity index (χ2v) is 11.5. The predicted octanol–water partition coefficient (Wildman–Crippen LogP) is 4.50. The summed E-state index contributed by atoms with van der Waals surface area (Å²) in [5.74, 6) is -1.49. The first-order valence-corrected chi connectivity index (χ1v) is 14.4. The Balaban J connectivity index is 1.90. The van der Waals surface area contributed by atoms with Crippen molar-refractivity contribution in [3.63, 3.8) is 0 Å². The summed E-state index contributed by atoms with van der Waals surface area (Å²) in [6.45, 7) is 1.41. The van der Waals surface area contributed by atoms with Crippen molar-refractivity contribution in [2.75, 3.05) is 17.1 Å². The lowest BCUT2D eigenvalue weighted by atomic mass is 9.95. The van der Waals surface area contributed by atoms with Gasteiger partial charge in [-0.2, -0.15) is 0 Å². The van der Waals surface area contributed by atoms with E-state index in [1.54, 1.807) is 0 Å². The predicted molar refractivity (Wildman–Crippen MR) is 140 cm³/mol. The fourth-order valence-corrected chi connectivity index (χ4v) is 5.51. The number of nitrogens with one attached hydrogen (secondary N) is 1.